The Balaban J connectivity index is 4.30. The van der Waals surface area contributed by atoms with Gasteiger partial charge in [-0.3, -0.25) is 14.4 Å². The third kappa shape index (κ3) is 63.6. The number of hydrogen-bond donors (Lipinski definition) is 0. The Hall–Kier alpha value is -3.15. The van der Waals surface area contributed by atoms with Crippen molar-refractivity contribution in [2.75, 3.05) is 13.2 Å². The highest BCUT2D eigenvalue weighted by Gasteiger charge is 2.19. The van der Waals surface area contributed by atoms with Crippen LogP contribution < -0.4 is 0 Å². The fraction of sp³-hybridized carbons (Fsp3) is 0.789. The minimum Gasteiger partial charge on any atom is -0.462 e. The van der Waals surface area contributed by atoms with E-state index in [-0.39, 0.29) is 31.1 Å². The zero-order valence-corrected chi connectivity index (χ0v) is 51.2. The van der Waals surface area contributed by atoms with Crippen molar-refractivity contribution in [2.45, 2.75) is 348 Å². The topological polar surface area (TPSA) is 78.9 Å². The van der Waals surface area contributed by atoms with Gasteiger partial charge in [-0.05, 0) is 116 Å². The van der Waals surface area contributed by atoms with Crippen LogP contribution in [0.2, 0.25) is 0 Å². The van der Waals surface area contributed by atoms with E-state index in [0.717, 1.165) is 89.9 Å². The molecule has 0 aromatic carbocycles. The SMILES string of the molecule is CCCCC/C=C\C/C=C\CCCCCCCC(=O)OCC(COC(=O)CCCCCCCCCCCCCC/C=C\C/C=C\C/C=C\CCCCCCC)OC(=O)CCCCCCCCC/C=C\CCCCCCCC. The Morgan fingerprint density at radius 3 is 0.766 bits per heavy atom. The summed E-state index contributed by atoms with van der Waals surface area (Å²) in [5.41, 5.74) is 0. The quantitative estimate of drug-likeness (QED) is 0.0261. The maximum atomic E-state index is 12.9. The number of unbranched alkanes of at least 4 members (excludes halogenated alkanes) is 38. The van der Waals surface area contributed by atoms with Gasteiger partial charge in [0.15, 0.2) is 6.10 Å². The second-order valence-corrected chi connectivity index (χ2v) is 22.4. The van der Waals surface area contributed by atoms with Crippen LogP contribution in [0.15, 0.2) is 72.9 Å². The molecule has 0 aliphatic heterocycles. The lowest BCUT2D eigenvalue weighted by atomic mass is 10.0. The van der Waals surface area contributed by atoms with Crippen molar-refractivity contribution in [1.29, 1.82) is 0 Å². The van der Waals surface area contributed by atoms with Crippen molar-refractivity contribution in [3.8, 4) is 0 Å². The molecule has 0 fully saturated rings. The average molecular weight is 1080 g/mol. The van der Waals surface area contributed by atoms with Gasteiger partial charge < -0.3 is 14.2 Å². The second-order valence-electron chi connectivity index (χ2n) is 22.4. The Bertz CT molecular complexity index is 1420. The number of ether oxygens (including phenoxy) is 3. The molecule has 0 saturated carbocycles. The highest BCUT2D eigenvalue weighted by Crippen LogP contribution is 2.16. The minimum absolute atomic E-state index is 0.0809. The van der Waals surface area contributed by atoms with Crippen LogP contribution in [0.3, 0.4) is 0 Å². The van der Waals surface area contributed by atoms with Gasteiger partial charge in [0.05, 0.1) is 0 Å². The van der Waals surface area contributed by atoms with E-state index in [0.29, 0.717) is 19.3 Å². The van der Waals surface area contributed by atoms with E-state index in [4.69, 9.17) is 14.2 Å². The first kappa shape index (κ1) is 73.8. The molecule has 0 spiro atoms. The molecule has 0 rings (SSSR count). The summed E-state index contributed by atoms with van der Waals surface area (Å²) in [7, 11) is 0. The van der Waals surface area contributed by atoms with Crippen molar-refractivity contribution < 1.29 is 28.6 Å². The Kier molecular flexibility index (Phi) is 62.7. The Morgan fingerprint density at radius 2 is 0.468 bits per heavy atom. The fourth-order valence-electron chi connectivity index (χ4n) is 9.59. The van der Waals surface area contributed by atoms with Crippen molar-refractivity contribution in [3.63, 3.8) is 0 Å². The number of carbonyl (C=O) groups excluding carboxylic acids is 3. The molecule has 0 aliphatic rings. The molecule has 446 valence electrons. The summed E-state index contributed by atoms with van der Waals surface area (Å²) in [6.45, 7) is 6.62. The van der Waals surface area contributed by atoms with Crippen molar-refractivity contribution in [3.05, 3.63) is 72.9 Å². The van der Waals surface area contributed by atoms with Crippen LogP contribution in [0.1, 0.15) is 342 Å². The molecule has 0 amide bonds. The lowest BCUT2D eigenvalue weighted by molar-refractivity contribution is -0.167. The predicted octanol–water partition coefficient (Wildman–Crippen LogP) is 22.9. The first-order chi connectivity index (χ1) is 38.0. The van der Waals surface area contributed by atoms with Crippen molar-refractivity contribution in [1.82, 2.24) is 0 Å². The van der Waals surface area contributed by atoms with Gasteiger partial charge in [-0.25, -0.2) is 0 Å². The molecule has 0 bridgehead atoms. The van der Waals surface area contributed by atoms with Crippen LogP contribution in [-0.4, -0.2) is 37.2 Å². The maximum Gasteiger partial charge on any atom is 0.306 e. The summed E-state index contributed by atoms with van der Waals surface area (Å²) < 4.78 is 16.9. The van der Waals surface area contributed by atoms with E-state index >= 15 is 0 Å². The molecular weight excluding hydrogens is 949 g/mol. The largest absolute Gasteiger partial charge is 0.462 e. The number of hydrogen-bond acceptors (Lipinski definition) is 6. The molecule has 0 aromatic heterocycles. The molecule has 0 heterocycles. The van der Waals surface area contributed by atoms with Gasteiger partial charge >= 0.3 is 17.9 Å². The van der Waals surface area contributed by atoms with Crippen LogP contribution in [0.4, 0.5) is 0 Å². The van der Waals surface area contributed by atoms with Gasteiger partial charge in [-0.1, -0.05) is 280 Å². The smallest absolute Gasteiger partial charge is 0.306 e. The van der Waals surface area contributed by atoms with Gasteiger partial charge in [0.2, 0.25) is 0 Å². The first-order valence-electron chi connectivity index (χ1n) is 33.4. The summed E-state index contributed by atoms with van der Waals surface area (Å²) in [4.78, 5) is 38.3. The predicted molar refractivity (Wildman–Crippen MR) is 335 cm³/mol. The molecule has 6 nitrogen and oxygen atoms in total. The van der Waals surface area contributed by atoms with E-state index < -0.39 is 6.10 Å². The molecule has 0 aromatic rings. The number of allylic oxidation sites excluding steroid dienone is 12. The van der Waals surface area contributed by atoms with Crippen molar-refractivity contribution >= 4 is 17.9 Å². The van der Waals surface area contributed by atoms with E-state index in [1.807, 2.05) is 0 Å². The summed E-state index contributed by atoms with van der Waals surface area (Å²) in [5.74, 6) is -0.885. The lowest BCUT2D eigenvalue weighted by Gasteiger charge is -2.18. The summed E-state index contributed by atoms with van der Waals surface area (Å²) in [6.07, 6.45) is 84.8. The maximum absolute atomic E-state index is 12.9. The lowest BCUT2D eigenvalue weighted by Crippen LogP contribution is -2.30. The summed E-state index contributed by atoms with van der Waals surface area (Å²) in [5, 5.41) is 0. The van der Waals surface area contributed by atoms with E-state index in [1.54, 1.807) is 0 Å². The molecular formula is C71H126O6. The highest BCUT2D eigenvalue weighted by atomic mass is 16.6. The van der Waals surface area contributed by atoms with Gasteiger partial charge in [-0.2, -0.15) is 0 Å². The Morgan fingerprint density at radius 1 is 0.260 bits per heavy atom. The van der Waals surface area contributed by atoms with Crippen LogP contribution in [0.25, 0.3) is 0 Å². The number of carbonyl (C=O) groups is 3. The first-order valence-corrected chi connectivity index (χ1v) is 33.4. The van der Waals surface area contributed by atoms with Crippen LogP contribution in [0, 0.1) is 0 Å². The molecule has 0 aliphatic carbocycles. The average Bonchev–Trinajstić information content (AvgIpc) is 3.43. The Labute approximate surface area is 478 Å². The van der Waals surface area contributed by atoms with Crippen LogP contribution in [-0.2, 0) is 28.6 Å². The molecule has 0 N–H and O–H groups in total. The number of esters is 3. The highest BCUT2D eigenvalue weighted by molar-refractivity contribution is 5.71. The molecule has 6 heteroatoms. The monoisotopic (exact) mass is 1070 g/mol. The van der Waals surface area contributed by atoms with E-state index in [9.17, 15) is 14.4 Å². The molecule has 1 unspecified atom stereocenters. The van der Waals surface area contributed by atoms with Gasteiger partial charge in [0.1, 0.15) is 13.2 Å². The van der Waals surface area contributed by atoms with E-state index in [1.165, 1.54) is 212 Å². The summed E-state index contributed by atoms with van der Waals surface area (Å²) >= 11 is 0. The minimum atomic E-state index is -0.785. The van der Waals surface area contributed by atoms with Gasteiger partial charge in [0.25, 0.3) is 0 Å². The third-order valence-corrected chi connectivity index (χ3v) is 14.7. The van der Waals surface area contributed by atoms with Gasteiger partial charge in [-0.15, -0.1) is 0 Å². The molecule has 77 heavy (non-hydrogen) atoms. The van der Waals surface area contributed by atoms with Gasteiger partial charge in [0, 0.05) is 19.3 Å². The normalized spacial score (nSPS) is 12.5. The standard InChI is InChI=1S/C71H126O6/c1-4-7-10-13-16-19-22-25-28-30-31-32-33-34-35-36-37-38-39-41-43-46-49-52-55-58-61-64-70(73)76-67-68(66-75-69(72)63-60-57-54-51-48-45-42-27-24-21-18-15-12-9-6-3)77-71(74)65-62-59-56-53-50-47-44-40-29-26-23-20-17-14-11-8-5-2/h18,21-22,25-27,29-31,33-34,42,68H,4-17,19-20,23-24,28,32,35-41,43-67H2,1-3H3/b21-18-,25-22-,29-26-,31-30-,34-33-,42-27-. The van der Waals surface area contributed by atoms with E-state index in [2.05, 4.69) is 93.7 Å². The second kappa shape index (κ2) is 65.4. The summed E-state index contributed by atoms with van der Waals surface area (Å²) in [6, 6.07) is 0. The van der Waals surface area contributed by atoms with Crippen LogP contribution >= 0.6 is 0 Å². The third-order valence-electron chi connectivity index (χ3n) is 14.7. The molecule has 0 saturated heterocycles. The zero-order valence-electron chi connectivity index (χ0n) is 51.2. The molecule has 1 atom stereocenters. The fourth-order valence-corrected chi connectivity index (χ4v) is 9.59. The van der Waals surface area contributed by atoms with Crippen LogP contribution in [0.5, 0.6) is 0 Å². The van der Waals surface area contributed by atoms with Crippen molar-refractivity contribution in [2.24, 2.45) is 0 Å². The number of rotatable bonds is 61. The molecule has 0 radical (unpaired) electrons. The zero-order chi connectivity index (χ0) is 55.7.